The van der Waals surface area contributed by atoms with Gasteiger partial charge in [-0.3, -0.25) is 9.36 Å². The van der Waals surface area contributed by atoms with Gasteiger partial charge in [0.05, 0.1) is 17.1 Å². The van der Waals surface area contributed by atoms with Crippen molar-refractivity contribution in [2.24, 2.45) is 0 Å². The second-order valence-corrected chi connectivity index (χ2v) is 7.68. The maximum Gasteiger partial charge on any atom is 0.230 e. The maximum atomic E-state index is 12.1. The molecule has 0 spiro atoms. The number of rotatable bonds is 7. The highest BCUT2D eigenvalue weighted by Crippen LogP contribution is 2.38. The monoisotopic (exact) mass is 413 g/mol. The van der Waals surface area contributed by atoms with Gasteiger partial charge in [-0.25, -0.2) is 4.98 Å². The minimum Gasteiger partial charge on any atom is -0.356 e. The highest BCUT2D eigenvalue weighted by molar-refractivity contribution is 7.99. The summed E-state index contributed by atoms with van der Waals surface area (Å²) in [6.07, 6.45) is 0. The van der Waals surface area contributed by atoms with Crippen LogP contribution in [0.5, 0.6) is 0 Å². The molecular weight excluding hydrogens is 390 g/mol. The third kappa shape index (κ3) is 4.31. The number of nitrogens with zero attached hydrogens (tertiary/aromatic N) is 2. The van der Waals surface area contributed by atoms with E-state index in [1.165, 1.54) is 11.8 Å². The van der Waals surface area contributed by atoms with Crippen LogP contribution in [0.2, 0.25) is 0 Å². The number of imidazole rings is 1. The number of carbonyl (C=O) groups is 1. The van der Waals surface area contributed by atoms with Crippen LogP contribution in [0.4, 0.5) is 0 Å². The summed E-state index contributed by atoms with van der Waals surface area (Å²) < 4.78 is 2.15. The van der Waals surface area contributed by atoms with Gasteiger partial charge < -0.3 is 5.32 Å². The Balaban J connectivity index is 1.91. The minimum absolute atomic E-state index is 0.00707. The van der Waals surface area contributed by atoms with E-state index < -0.39 is 0 Å². The highest BCUT2D eigenvalue weighted by Gasteiger charge is 2.22. The van der Waals surface area contributed by atoms with Crippen LogP contribution < -0.4 is 5.32 Å². The molecule has 4 rings (SSSR count). The molecule has 0 radical (unpaired) electrons. The van der Waals surface area contributed by atoms with Crippen molar-refractivity contribution in [2.45, 2.75) is 12.1 Å². The van der Waals surface area contributed by atoms with Crippen LogP contribution in [0.1, 0.15) is 6.92 Å². The van der Waals surface area contributed by atoms with E-state index in [0.717, 1.165) is 33.4 Å². The molecule has 4 aromatic rings. The van der Waals surface area contributed by atoms with Crippen molar-refractivity contribution in [2.75, 3.05) is 12.3 Å². The van der Waals surface area contributed by atoms with Crippen molar-refractivity contribution in [3.63, 3.8) is 0 Å². The fourth-order valence-corrected chi connectivity index (χ4v) is 4.19. The van der Waals surface area contributed by atoms with Crippen LogP contribution in [0.25, 0.3) is 28.2 Å². The number of nitrogens with one attached hydrogen (secondary N) is 1. The molecule has 0 aliphatic heterocycles. The van der Waals surface area contributed by atoms with Crippen molar-refractivity contribution < 1.29 is 4.79 Å². The van der Waals surface area contributed by atoms with Crippen molar-refractivity contribution in [3.8, 4) is 28.2 Å². The van der Waals surface area contributed by atoms with Crippen LogP contribution in [0.15, 0.2) is 96.2 Å². The molecule has 1 aromatic heterocycles. The van der Waals surface area contributed by atoms with Gasteiger partial charge in [-0.2, -0.15) is 0 Å². The second kappa shape index (κ2) is 9.46. The average molecular weight is 414 g/mol. The molecule has 1 N–H and O–H groups in total. The summed E-state index contributed by atoms with van der Waals surface area (Å²) in [7, 11) is 0. The predicted molar refractivity (Wildman–Crippen MR) is 124 cm³/mol. The number of thioether (sulfide) groups is 1. The third-order valence-corrected chi connectivity index (χ3v) is 5.60. The molecule has 4 nitrogen and oxygen atoms in total. The Morgan fingerprint density at radius 1 is 0.867 bits per heavy atom. The molecule has 0 unspecified atom stereocenters. The van der Waals surface area contributed by atoms with E-state index in [2.05, 4.69) is 46.3 Å². The molecule has 3 aromatic carbocycles. The van der Waals surface area contributed by atoms with E-state index in [0.29, 0.717) is 12.3 Å². The fourth-order valence-electron chi connectivity index (χ4n) is 3.35. The van der Waals surface area contributed by atoms with E-state index in [-0.39, 0.29) is 5.91 Å². The largest absolute Gasteiger partial charge is 0.356 e. The van der Waals surface area contributed by atoms with Gasteiger partial charge in [-0.15, -0.1) is 0 Å². The molecule has 5 heteroatoms. The number of hydrogen-bond acceptors (Lipinski definition) is 3. The van der Waals surface area contributed by atoms with Crippen LogP contribution in [0.3, 0.4) is 0 Å². The first kappa shape index (κ1) is 20.0. The standard InChI is InChI=1S/C25H23N3OS/c1-2-26-22(29)18-30-25-27-23(19-12-6-3-7-13-19)24(20-14-8-4-9-15-20)28(25)21-16-10-5-11-17-21/h3-17H,2,18H2,1H3,(H,26,29). The zero-order chi connectivity index (χ0) is 20.8. The van der Waals surface area contributed by atoms with Crippen LogP contribution in [-0.2, 0) is 4.79 Å². The quantitative estimate of drug-likeness (QED) is 0.411. The average Bonchev–Trinajstić information content (AvgIpc) is 3.19. The Morgan fingerprint density at radius 3 is 2.03 bits per heavy atom. The van der Waals surface area contributed by atoms with Gasteiger partial charge in [0.1, 0.15) is 0 Å². The van der Waals surface area contributed by atoms with Crippen molar-refractivity contribution in [1.29, 1.82) is 0 Å². The fraction of sp³-hybridized carbons (Fsp3) is 0.120. The number of carbonyl (C=O) groups excluding carboxylic acids is 1. The van der Waals surface area contributed by atoms with E-state index in [4.69, 9.17) is 4.98 Å². The smallest absolute Gasteiger partial charge is 0.230 e. The summed E-state index contributed by atoms with van der Waals surface area (Å²) in [6, 6.07) is 30.6. The Bertz CT molecular complexity index is 1110. The molecule has 0 saturated carbocycles. The molecule has 150 valence electrons. The van der Waals surface area contributed by atoms with Crippen LogP contribution in [0, 0.1) is 0 Å². The van der Waals surface area contributed by atoms with E-state index in [1.54, 1.807) is 0 Å². The zero-order valence-corrected chi connectivity index (χ0v) is 17.6. The maximum absolute atomic E-state index is 12.1. The van der Waals surface area contributed by atoms with Crippen LogP contribution >= 0.6 is 11.8 Å². The molecule has 0 aliphatic rings. The third-order valence-electron chi connectivity index (χ3n) is 4.66. The Hall–Kier alpha value is -3.31. The summed E-state index contributed by atoms with van der Waals surface area (Å²) in [5.74, 6) is 0.327. The molecular formula is C25H23N3OS. The molecule has 1 amide bonds. The van der Waals surface area contributed by atoms with Gasteiger partial charge in [-0.1, -0.05) is 90.6 Å². The van der Waals surface area contributed by atoms with E-state index in [1.807, 2.05) is 61.5 Å². The minimum atomic E-state index is 0.00707. The zero-order valence-electron chi connectivity index (χ0n) is 16.8. The van der Waals surface area contributed by atoms with Gasteiger partial charge >= 0.3 is 0 Å². The molecule has 0 bridgehead atoms. The highest BCUT2D eigenvalue weighted by atomic mass is 32.2. The van der Waals surface area contributed by atoms with Crippen molar-refractivity contribution >= 4 is 17.7 Å². The van der Waals surface area contributed by atoms with Gasteiger partial charge in [0.25, 0.3) is 0 Å². The first-order valence-corrected chi connectivity index (χ1v) is 10.9. The lowest BCUT2D eigenvalue weighted by Gasteiger charge is -2.13. The van der Waals surface area contributed by atoms with Crippen molar-refractivity contribution in [3.05, 3.63) is 91.0 Å². The summed E-state index contributed by atoms with van der Waals surface area (Å²) in [5.41, 5.74) is 5.07. The molecule has 0 fully saturated rings. The lowest BCUT2D eigenvalue weighted by Crippen LogP contribution is -2.24. The molecule has 0 saturated heterocycles. The van der Waals surface area contributed by atoms with Gasteiger partial charge in [-0.05, 0) is 19.1 Å². The Morgan fingerprint density at radius 2 is 1.43 bits per heavy atom. The topological polar surface area (TPSA) is 46.9 Å². The van der Waals surface area contributed by atoms with Gasteiger partial charge in [0.15, 0.2) is 5.16 Å². The molecule has 0 atom stereocenters. The van der Waals surface area contributed by atoms with Crippen molar-refractivity contribution in [1.82, 2.24) is 14.9 Å². The normalized spacial score (nSPS) is 10.7. The van der Waals surface area contributed by atoms with E-state index in [9.17, 15) is 4.79 Å². The number of hydrogen-bond donors (Lipinski definition) is 1. The first-order chi connectivity index (χ1) is 14.8. The SMILES string of the molecule is CCNC(=O)CSc1nc(-c2ccccc2)c(-c2ccccc2)n1-c1ccccc1. The summed E-state index contributed by atoms with van der Waals surface area (Å²) in [4.78, 5) is 17.1. The van der Waals surface area contributed by atoms with Gasteiger partial charge in [0.2, 0.25) is 5.91 Å². The lowest BCUT2D eigenvalue weighted by atomic mass is 10.0. The number of amides is 1. The first-order valence-electron chi connectivity index (χ1n) is 9.96. The predicted octanol–water partition coefficient (Wildman–Crippen LogP) is 5.43. The summed E-state index contributed by atoms with van der Waals surface area (Å²) in [6.45, 7) is 2.55. The van der Waals surface area contributed by atoms with E-state index >= 15 is 0 Å². The van der Waals surface area contributed by atoms with Gasteiger partial charge in [0, 0.05) is 23.4 Å². The lowest BCUT2D eigenvalue weighted by molar-refractivity contribution is -0.118. The second-order valence-electron chi connectivity index (χ2n) is 6.74. The Labute approximate surface area is 181 Å². The molecule has 0 aliphatic carbocycles. The molecule has 1 heterocycles. The summed E-state index contributed by atoms with van der Waals surface area (Å²) in [5, 5.41) is 3.66. The number of benzene rings is 3. The van der Waals surface area contributed by atoms with Crippen LogP contribution in [-0.4, -0.2) is 27.8 Å². The molecule has 30 heavy (non-hydrogen) atoms. The Kier molecular flexibility index (Phi) is 6.30. The number of aromatic nitrogens is 2. The number of para-hydroxylation sites is 1. The summed E-state index contributed by atoms with van der Waals surface area (Å²) >= 11 is 1.45.